The van der Waals surface area contributed by atoms with E-state index in [1.807, 2.05) is 11.8 Å². The fourth-order valence-corrected chi connectivity index (χ4v) is 3.37. The molecule has 25 heavy (non-hydrogen) atoms. The number of imidazole rings is 1. The molecule has 8 heteroatoms. The summed E-state index contributed by atoms with van der Waals surface area (Å²) in [5.41, 5.74) is 3.01. The van der Waals surface area contributed by atoms with Gasteiger partial charge in [-0.3, -0.25) is 4.79 Å². The van der Waals surface area contributed by atoms with Gasteiger partial charge < -0.3 is 19.9 Å². The first-order valence-electron chi connectivity index (χ1n) is 8.68. The van der Waals surface area contributed by atoms with Gasteiger partial charge in [0.05, 0.1) is 18.3 Å². The number of rotatable bonds is 3. The van der Waals surface area contributed by atoms with Crippen LogP contribution in [0.3, 0.4) is 0 Å². The van der Waals surface area contributed by atoms with E-state index in [1.54, 1.807) is 12.5 Å². The van der Waals surface area contributed by atoms with Gasteiger partial charge in [0.2, 0.25) is 0 Å². The van der Waals surface area contributed by atoms with Crippen molar-refractivity contribution in [1.82, 2.24) is 24.8 Å². The molecule has 8 nitrogen and oxygen atoms in total. The molecular weight excluding hydrogens is 320 g/mol. The van der Waals surface area contributed by atoms with Crippen LogP contribution in [-0.2, 0) is 17.6 Å². The van der Waals surface area contributed by atoms with E-state index < -0.39 is 0 Å². The minimum Gasteiger partial charge on any atom is -0.379 e. The van der Waals surface area contributed by atoms with E-state index in [9.17, 15) is 4.79 Å². The van der Waals surface area contributed by atoms with Crippen LogP contribution in [0.4, 0.5) is 5.82 Å². The number of hydrogen-bond acceptors (Lipinski definition) is 6. The minimum absolute atomic E-state index is 0.0624. The van der Waals surface area contributed by atoms with Gasteiger partial charge in [-0.2, -0.15) is 0 Å². The molecule has 132 valence electrons. The van der Waals surface area contributed by atoms with Gasteiger partial charge >= 0.3 is 0 Å². The van der Waals surface area contributed by atoms with Gasteiger partial charge in [-0.1, -0.05) is 0 Å². The van der Waals surface area contributed by atoms with E-state index in [1.165, 1.54) is 0 Å². The summed E-state index contributed by atoms with van der Waals surface area (Å²) >= 11 is 0. The average Bonchev–Trinajstić information content (AvgIpc) is 3.22. The number of nitrogens with one attached hydrogen (secondary N) is 2. The van der Waals surface area contributed by atoms with Gasteiger partial charge in [-0.15, -0.1) is 0 Å². The predicted octanol–water partition coefficient (Wildman–Crippen LogP) is 0.950. The molecule has 2 aliphatic heterocycles. The van der Waals surface area contributed by atoms with Crippen LogP contribution in [0, 0.1) is 6.92 Å². The van der Waals surface area contributed by atoms with Crippen molar-refractivity contribution in [2.45, 2.75) is 32.2 Å². The smallest absolute Gasteiger partial charge is 0.289 e. The number of nitrogens with zero attached hydrogens (tertiary/aromatic N) is 4. The summed E-state index contributed by atoms with van der Waals surface area (Å²) in [6.07, 6.45) is 5.72. The average molecular weight is 342 g/mol. The van der Waals surface area contributed by atoms with Crippen LogP contribution in [-0.4, -0.2) is 63.1 Å². The van der Waals surface area contributed by atoms with Crippen molar-refractivity contribution in [1.29, 1.82) is 0 Å². The number of carbonyl (C=O) groups is 1. The Morgan fingerprint density at radius 1 is 1.32 bits per heavy atom. The largest absolute Gasteiger partial charge is 0.379 e. The molecule has 2 aromatic heterocycles. The standard InChI is InChI=1S/C17H22N6O2/c1-11-8-18-16(21-11)17(24)23-5-2-13-14(3-6-23)19-10-20-15(13)22-12-4-7-25-9-12/h8,10,12H,2-7,9H2,1H3,(H,18,21)(H,19,20,22)/t12-/m1/s1. The molecule has 4 rings (SSSR count). The lowest BCUT2D eigenvalue weighted by molar-refractivity contribution is 0.0751. The summed E-state index contributed by atoms with van der Waals surface area (Å²) in [6, 6.07) is 0.297. The number of carbonyl (C=O) groups excluding carboxylic acids is 1. The van der Waals surface area contributed by atoms with Gasteiger partial charge in [0.15, 0.2) is 5.82 Å². The number of aromatic nitrogens is 4. The first kappa shape index (κ1) is 16.0. The number of ether oxygens (including phenoxy) is 1. The zero-order valence-corrected chi connectivity index (χ0v) is 14.3. The summed E-state index contributed by atoms with van der Waals surface area (Å²) in [4.78, 5) is 30.5. The number of aryl methyl sites for hydroxylation is 1. The third-order valence-corrected chi connectivity index (χ3v) is 4.75. The molecule has 0 spiro atoms. The van der Waals surface area contributed by atoms with Gasteiger partial charge in [-0.05, 0) is 19.8 Å². The highest BCUT2D eigenvalue weighted by Crippen LogP contribution is 2.23. The van der Waals surface area contributed by atoms with E-state index >= 15 is 0 Å². The Morgan fingerprint density at radius 3 is 2.96 bits per heavy atom. The lowest BCUT2D eigenvalue weighted by Gasteiger charge is -2.19. The molecule has 1 amide bonds. The number of amides is 1. The van der Waals surface area contributed by atoms with E-state index in [-0.39, 0.29) is 5.91 Å². The topological polar surface area (TPSA) is 96.0 Å². The van der Waals surface area contributed by atoms with Crippen molar-refractivity contribution < 1.29 is 9.53 Å². The first-order valence-corrected chi connectivity index (χ1v) is 8.68. The Kier molecular flexibility index (Phi) is 4.35. The maximum atomic E-state index is 12.6. The van der Waals surface area contributed by atoms with Crippen LogP contribution in [0.5, 0.6) is 0 Å². The van der Waals surface area contributed by atoms with Gasteiger partial charge in [0, 0.05) is 43.6 Å². The summed E-state index contributed by atoms with van der Waals surface area (Å²) in [5, 5.41) is 3.48. The third-order valence-electron chi connectivity index (χ3n) is 4.75. The van der Waals surface area contributed by atoms with Gasteiger partial charge in [-0.25, -0.2) is 15.0 Å². The lowest BCUT2D eigenvalue weighted by Crippen LogP contribution is -2.34. The summed E-state index contributed by atoms with van der Waals surface area (Å²) in [5.74, 6) is 1.22. The third kappa shape index (κ3) is 3.34. The molecule has 0 aliphatic carbocycles. The quantitative estimate of drug-likeness (QED) is 0.862. The van der Waals surface area contributed by atoms with Gasteiger partial charge in [0.25, 0.3) is 5.91 Å². The van der Waals surface area contributed by atoms with Crippen molar-refractivity contribution in [3.63, 3.8) is 0 Å². The van der Waals surface area contributed by atoms with Gasteiger partial charge in [0.1, 0.15) is 12.1 Å². The zero-order valence-electron chi connectivity index (χ0n) is 14.3. The van der Waals surface area contributed by atoms with Crippen molar-refractivity contribution >= 4 is 11.7 Å². The number of H-pyrrole nitrogens is 1. The molecule has 0 radical (unpaired) electrons. The van der Waals surface area contributed by atoms with E-state index in [2.05, 4.69) is 25.3 Å². The van der Waals surface area contributed by atoms with Crippen LogP contribution >= 0.6 is 0 Å². The normalized spacial score (nSPS) is 20.2. The number of anilines is 1. The fourth-order valence-electron chi connectivity index (χ4n) is 3.37. The Hall–Kier alpha value is -2.48. The zero-order chi connectivity index (χ0) is 17.2. The van der Waals surface area contributed by atoms with E-state index in [0.29, 0.717) is 31.6 Å². The van der Waals surface area contributed by atoms with Crippen molar-refractivity contribution in [3.05, 3.63) is 35.3 Å². The highest BCUT2D eigenvalue weighted by atomic mass is 16.5. The second-order valence-corrected chi connectivity index (χ2v) is 6.56. The number of aromatic amines is 1. The van der Waals surface area contributed by atoms with Crippen LogP contribution < -0.4 is 5.32 Å². The Labute approximate surface area is 146 Å². The van der Waals surface area contributed by atoms with Crippen LogP contribution in [0.1, 0.15) is 34.0 Å². The Balaban J connectivity index is 1.50. The van der Waals surface area contributed by atoms with E-state index in [0.717, 1.165) is 48.6 Å². The molecule has 0 saturated carbocycles. The fraction of sp³-hybridized carbons (Fsp3) is 0.529. The SMILES string of the molecule is Cc1cnc(C(=O)N2CCc3ncnc(N[C@@H]4CCOC4)c3CC2)[nH]1. The second kappa shape index (κ2) is 6.79. The molecule has 2 N–H and O–H groups in total. The predicted molar refractivity (Wildman–Crippen MR) is 91.5 cm³/mol. The summed E-state index contributed by atoms with van der Waals surface area (Å²) in [7, 11) is 0. The molecule has 1 atom stereocenters. The van der Waals surface area contributed by atoms with E-state index in [4.69, 9.17) is 4.74 Å². The molecular formula is C17H22N6O2. The number of hydrogen-bond donors (Lipinski definition) is 2. The Morgan fingerprint density at radius 2 is 2.20 bits per heavy atom. The molecule has 4 heterocycles. The maximum absolute atomic E-state index is 12.6. The minimum atomic E-state index is -0.0624. The Bertz CT molecular complexity index is 768. The molecule has 1 saturated heterocycles. The number of fused-ring (bicyclic) bond motifs is 1. The molecule has 2 aliphatic rings. The van der Waals surface area contributed by atoms with Crippen LogP contribution in [0.15, 0.2) is 12.5 Å². The van der Waals surface area contributed by atoms with Crippen molar-refractivity contribution in [3.8, 4) is 0 Å². The molecule has 0 unspecified atom stereocenters. The van der Waals surface area contributed by atoms with Crippen LogP contribution in [0.25, 0.3) is 0 Å². The summed E-state index contributed by atoms with van der Waals surface area (Å²) in [6.45, 7) is 4.66. The maximum Gasteiger partial charge on any atom is 0.289 e. The molecule has 0 bridgehead atoms. The van der Waals surface area contributed by atoms with Crippen molar-refractivity contribution in [2.75, 3.05) is 31.6 Å². The first-order chi connectivity index (χ1) is 12.2. The second-order valence-electron chi connectivity index (χ2n) is 6.56. The highest BCUT2D eigenvalue weighted by molar-refractivity contribution is 5.90. The highest BCUT2D eigenvalue weighted by Gasteiger charge is 2.25. The van der Waals surface area contributed by atoms with Crippen LogP contribution in [0.2, 0.25) is 0 Å². The lowest BCUT2D eigenvalue weighted by atomic mass is 10.1. The molecule has 0 aromatic carbocycles. The summed E-state index contributed by atoms with van der Waals surface area (Å²) < 4.78 is 5.43. The molecule has 2 aromatic rings. The monoisotopic (exact) mass is 342 g/mol. The molecule has 1 fully saturated rings. The van der Waals surface area contributed by atoms with Crippen molar-refractivity contribution in [2.24, 2.45) is 0 Å².